The Bertz CT molecular complexity index is 346. The Kier molecular flexibility index (Phi) is 18.2. The number of carbonyl (C=O) groups is 1. The summed E-state index contributed by atoms with van der Waals surface area (Å²) in [5.74, 6) is -0.325. The van der Waals surface area contributed by atoms with E-state index in [1.54, 1.807) is 0 Å². The van der Waals surface area contributed by atoms with E-state index in [2.05, 4.69) is 47.7 Å². The maximum Gasteiger partial charge on any atom is 0.324 e. The molecule has 0 rings (SSSR count). The number of rotatable bonds is 15. The number of unbranched alkanes of at least 4 members (excludes halogenated alkanes) is 7. The molecule has 0 unspecified atom stereocenters. The van der Waals surface area contributed by atoms with Crippen LogP contribution in [0.2, 0.25) is 0 Å². The van der Waals surface area contributed by atoms with Crippen LogP contribution in [0.4, 0.5) is 0 Å². The Balaban J connectivity index is 3.30. The number of allylic oxidation sites excluding steroid dienone is 6. The summed E-state index contributed by atoms with van der Waals surface area (Å²) in [5.41, 5.74) is 0. The highest BCUT2D eigenvalue weighted by atomic mass is 35.5. The van der Waals surface area contributed by atoms with E-state index >= 15 is 0 Å². The molecule has 0 bridgehead atoms. The van der Waals surface area contributed by atoms with Crippen molar-refractivity contribution in [1.82, 2.24) is 0 Å². The van der Waals surface area contributed by atoms with Crippen LogP contribution in [0.15, 0.2) is 36.5 Å². The first-order valence-corrected chi connectivity index (χ1v) is 9.38. The van der Waals surface area contributed by atoms with Gasteiger partial charge in [-0.2, -0.15) is 0 Å². The Morgan fingerprint density at radius 3 is 1.87 bits per heavy atom. The van der Waals surface area contributed by atoms with Gasteiger partial charge < -0.3 is 4.29 Å². The molecule has 0 aromatic heterocycles. The minimum atomic E-state index is -0.325. The molecule has 0 aliphatic carbocycles. The Morgan fingerprint density at radius 2 is 1.30 bits per heavy atom. The van der Waals surface area contributed by atoms with Crippen molar-refractivity contribution < 1.29 is 9.08 Å². The van der Waals surface area contributed by atoms with E-state index in [1.165, 1.54) is 32.1 Å². The van der Waals surface area contributed by atoms with E-state index in [4.69, 9.17) is 11.9 Å². The molecule has 0 aromatic carbocycles. The summed E-state index contributed by atoms with van der Waals surface area (Å²) in [4.78, 5) is 10.8. The fourth-order valence-electron chi connectivity index (χ4n) is 2.21. The molecule has 0 N–H and O–H groups in total. The molecule has 0 heterocycles. The lowest BCUT2D eigenvalue weighted by Gasteiger charge is -1.97. The van der Waals surface area contributed by atoms with E-state index in [0.717, 1.165) is 38.5 Å². The molecule has 0 atom stereocenters. The van der Waals surface area contributed by atoms with Gasteiger partial charge in [0.25, 0.3) is 0 Å². The first-order valence-electron chi connectivity index (χ1n) is 9.07. The van der Waals surface area contributed by atoms with E-state index in [1.807, 2.05) is 0 Å². The van der Waals surface area contributed by atoms with Crippen LogP contribution in [0.25, 0.3) is 0 Å². The van der Waals surface area contributed by atoms with Crippen molar-refractivity contribution in [3.63, 3.8) is 0 Å². The quantitative estimate of drug-likeness (QED) is 0.236. The first-order chi connectivity index (χ1) is 11.3. The van der Waals surface area contributed by atoms with E-state index in [-0.39, 0.29) is 5.97 Å². The molecule has 0 saturated carbocycles. The summed E-state index contributed by atoms with van der Waals surface area (Å²) in [6, 6.07) is 0. The smallest absolute Gasteiger partial charge is 0.324 e. The lowest BCUT2D eigenvalue weighted by atomic mass is 10.1. The minimum absolute atomic E-state index is 0.325. The predicted octanol–water partition coefficient (Wildman–Crippen LogP) is 7.05. The first kappa shape index (κ1) is 22.0. The van der Waals surface area contributed by atoms with Crippen LogP contribution in [0.3, 0.4) is 0 Å². The summed E-state index contributed by atoms with van der Waals surface area (Å²) >= 11 is 4.96. The number of hydrogen-bond acceptors (Lipinski definition) is 2. The van der Waals surface area contributed by atoms with Gasteiger partial charge in [-0.25, -0.2) is 0 Å². The van der Waals surface area contributed by atoms with E-state index in [9.17, 15) is 4.79 Å². The fraction of sp³-hybridized carbons (Fsp3) is 0.650. The number of hydrogen-bond donors (Lipinski definition) is 0. The molecule has 3 heteroatoms. The van der Waals surface area contributed by atoms with Crippen molar-refractivity contribution >= 4 is 17.8 Å². The van der Waals surface area contributed by atoms with Gasteiger partial charge in [-0.1, -0.05) is 69.1 Å². The Labute approximate surface area is 147 Å². The van der Waals surface area contributed by atoms with E-state index in [0.29, 0.717) is 6.42 Å². The third-order valence-corrected chi connectivity index (χ3v) is 3.78. The summed E-state index contributed by atoms with van der Waals surface area (Å²) in [6.45, 7) is 2.24. The van der Waals surface area contributed by atoms with Gasteiger partial charge in [-0.15, -0.1) is 0 Å². The van der Waals surface area contributed by atoms with Crippen LogP contribution in [-0.4, -0.2) is 5.97 Å². The molecule has 132 valence electrons. The molecule has 0 aliphatic heterocycles. The van der Waals surface area contributed by atoms with Gasteiger partial charge in [0.2, 0.25) is 0 Å². The summed E-state index contributed by atoms with van der Waals surface area (Å²) in [7, 11) is 0. The molecule has 0 spiro atoms. The average Bonchev–Trinajstić information content (AvgIpc) is 2.57. The van der Waals surface area contributed by atoms with Gasteiger partial charge in [0, 0.05) is 6.42 Å². The lowest BCUT2D eigenvalue weighted by Crippen LogP contribution is -1.95. The zero-order valence-corrected chi connectivity index (χ0v) is 15.4. The van der Waals surface area contributed by atoms with Gasteiger partial charge in [-0.05, 0) is 44.9 Å². The maximum absolute atomic E-state index is 10.8. The molecule has 2 nitrogen and oxygen atoms in total. The molecule has 0 amide bonds. The molecule has 0 saturated heterocycles. The second kappa shape index (κ2) is 19.0. The highest BCUT2D eigenvalue weighted by Gasteiger charge is 1.99. The molecule has 23 heavy (non-hydrogen) atoms. The standard InChI is InChI=1S/C20H33ClO2/c1-2-3-4-5-6-7-8-9-10-11-12-13-14-15-16-17-18-19-20(22)23-21/h6-7,9-10,12-13H,2-5,8,11,14-19H2,1H3/b7-6+,10-9+,13-12+. The van der Waals surface area contributed by atoms with Crippen LogP contribution in [0, 0.1) is 0 Å². The van der Waals surface area contributed by atoms with Crippen LogP contribution in [-0.2, 0) is 9.08 Å². The second-order valence-electron chi connectivity index (χ2n) is 5.78. The van der Waals surface area contributed by atoms with Gasteiger partial charge in [0.1, 0.15) is 11.9 Å². The molecular weight excluding hydrogens is 308 g/mol. The van der Waals surface area contributed by atoms with Crippen molar-refractivity contribution in [1.29, 1.82) is 0 Å². The summed E-state index contributed by atoms with van der Waals surface area (Å²) in [5, 5.41) is 0. The van der Waals surface area contributed by atoms with Crippen molar-refractivity contribution in [2.24, 2.45) is 0 Å². The van der Waals surface area contributed by atoms with Crippen LogP contribution < -0.4 is 0 Å². The fourth-order valence-corrected chi connectivity index (χ4v) is 2.29. The summed E-state index contributed by atoms with van der Waals surface area (Å²) in [6.07, 6.45) is 26.5. The van der Waals surface area contributed by atoms with Crippen molar-refractivity contribution in [3.8, 4) is 0 Å². The monoisotopic (exact) mass is 340 g/mol. The van der Waals surface area contributed by atoms with E-state index < -0.39 is 0 Å². The van der Waals surface area contributed by atoms with Gasteiger partial charge in [0.15, 0.2) is 0 Å². The minimum Gasteiger partial charge on any atom is -0.348 e. The average molecular weight is 341 g/mol. The van der Waals surface area contributed by atoms with Crippen molar-refractivity contribution in [3.05, 3.63) is 36.5 Å². The SMILES string of the molecule is CCCCC/C=C/C/C=C/C/C=C/CCCCCCC(=O)OCl. The number of carbonyl (C=O) groups excluding carboxylic acids is 1. The Morgan fingerprint density at radius 1 is 0.783 bits per heavy atom. The zero-order valence-electron chi connectivity index (χ0n) is 14.6. The van der Waals surface area contributed by atoms with Crippen LogP contribution in [0.5, 0.6) is 0 Å². The van der Waals surface area contributed by atoms with Gasteiger partial charge in [-0.3, -0.25) is 4.79 Å². The predicted molar refractivity (Wildman–Crippen MR) is 100 cm³/mol. The highest BCUT2D eigenvalue weighted by Crippen LogP contribution is 2.07. The number of halogens is 1. The van der Waals surface area contributed by atoms with Crippen LogP contribution >= 0.6 is 11.9 Å². The second-order valence-corrected chi connectivity index (χ2v) is 5.94. The van der Waals surface area contributed by atoms with Crippen molar-refractivity contribution in [2.45, 2.75) is 84.0 Å². The molecule has 0 aliphatic rings. The molecule has 0 aromatic rings. The molecule has 0 radical (unpaired) electrons. The van der Waals surface area contributed by atoms with Crippen molar-refractivity contribution in [2.75, 3.05) is 0 Å². The zero-order chi connectivity index (χ0) is 17.0. The molecular formula is C20H33ClO2. The summed E-state index contributed by atoms with van der Waals surface area (Å²) < 4.78 is 4.09. The highest BCUT2D eigenvalue weighted by molar-refractivity contribution is 6.13. The third kappa shape index (κ3) is 18.9. The maximum atomic E-state index is 10.8. The largest absolute Gasteiger partial charge is 0.348 e. The van der Waals surface area contributed by atoms with Gasteiger partial charge >= 0.3 is 5.97 Å². The van der Waals surface area contributed by atoms with Crippen LogP contribution in [0.1, 0.15) is 84.0 Å². The molecule has 0 fully saturated rings. The Hall–Kier alpha value is -1.02. The lowest BCUT2D eigenvalue weighted by molar-refractivity contribution is -0.134. The normalized spacial score (nSPS) is 11.9. The van der Waals surface area contributed by atoms with Gasteiger partial charge in [0.05, 0.1) is 0 Å². The third-order valence-electron chi connectivity index (χ3n) is 3.61. The topological polar surface area (TPSA) is 26.3 Å².